The summed E-state index contributed by atoms with van der Waals surface area (Å²) >= 11 is 0. The topological polar surface area (TPSA) is 161 Å². The van der Waals surface area contributed by atoms with E-state index in [0.29, 0.717) is 43.7 Å². The lowest BCUT2D eigenvalue weighted by Gasteiger charge is -2.38. The number of amides is 1. The Morgan fingerprint density at radius 2 is 1.63 bits per heavy atom. The van der Waals surface area contributed by atoms with Crippen LogP contribution in [0.5, 0.6) is 17.4 Å². The van der Waals surface area contributed by atoms with Crippen LogP contribution in [0.1, 0.15) is 48.4 Å². The monoisotopic (exact) mass is 729 g/mol. The number of fused-ring (bicyclic) bond motifs is 2. The van der Waals surface area contributed by atoms with Gasteiger partial charge in [0.25, 0.3) is 9.84 Å². The van der Waals surface area contributed by atoms with Gasteiger partial charge in [0.1, 0.15) is 0 Å². The molecule has 6 rings (SSSR count). The van der Waals surface area contributed by atoms with Crippen molar-refractivity contribution in [2.45, 2.75) is 54.5 Å². The molecule has 4 aromatic carbocycles. The summed E-state index contributed by atoms with van der Waals surface area (Å²) in [4.78, 5) is 28.0. The van der Waals surface area contributed by atoms with Crippen molar-refractivity contribution in [3.8, 4) is 17.4 Å². The molecule has 272 valence electrons. The zero-order valence-corrected chi connectivity index (χ0v) is 29.7. The number of benzene rings is 4. The fraction of sp³-hybridized carbons (Fsp3) is 0.316. The lowest BCUT2D eigenvalue weighted by molar-refractivity contribution is -0.832. The van der Waals surface area contributed by atoms with Gasteiger partial charge >= 0.3 is 16.9 Å². The summed E-state index contributed by atoms with van der Waals surface area (Å²) in [5, 5.41) is 17.0. The number of hydrogen-bond donors (Lipinski definition) is 0. The first kappa shape index (κ1) is 36.2. The van der Waals surface area contributed by atoms with Crippen molar-refractivity contribution in [1.82, 2.24) is 10.1 Å². The van der Waals surface area contributed by atoms with Crippen LogP contribution in [0.2, 0.25) is 0 Å². The highest BCUT2D eigenvalue weighted by molar-refractivity contribution is 7.91. The molecule has 0 saturated carbocycles. The minimum atomic E-state index is -4.23. The predicted molar refractivity (Wildman–Crippen MR) is 188 cm³/mol. The fourth-order valence-corrected chi connectivity index (χ4v) is 7.74. The second-order valence-corrected chi connectivity index (χ2v) is 14.1. The van der Waals surface area contributed by atoms with Crippen LogP contribution in [0, 0.1) is 5.21 Å². The van der Waals surface area contributed by atoms with Gasteiger partial charge in [-0.25, -0.2) is 8.42 Å². The summed E-state index contributed by atoms with van der Waals surface area (Å²) in [7, 11) is -1.04. The van der Waals surface area contributed by atoms with Crippen LogP contribution in [0.25, 0.3) is 10.8 Å². The van der Waals surface area contributed by atoms with Gasteiger partial charge < -0.3 is 29.1 Å². The van der Waals surface area contributed by atoms with Gasteiger partial charge in [-0.3, -0.25) is 14.2 Å². The Balaban J connectivity index is 1.04. The molecule has 1 aromatic heterocycles. The Morgan fingerprint density at radius 1 is 0.923 bits per heavy atom. The molecule has 5 aromatic rings. The van der Waals surface area contributed by atoms with Gasteiger partial charge in [-0.15, -0.1) is 0 Å². The highest BCUT2D eigenvalue weighted by atomic mass is 32.2. The maximum absolute atomic E-state index is 13.8. The molecule has 0 N–H and O–H groups in total. The minimum absolute atomic E-state index is 0.00887. The third kappa shape index (κ3) is 7.81. The molecule has 1 amide bonds. The summed E-state index contributed by atoms with van der Waals surface area (Å²) in [6.45, 7) is 0.539. The van der Waals surface area contributed by atoms with Crippen LogP contribution in [0.4, 0.5) is 0 Å². The number of aromatic nitrogens is 2. The third-order valence-electron chi connectivity index (χ3n) is 9.05. The minimum Gasteiger partial charge on any atom is -0.493 e. The number of hydrogen-bond acceptors (Lipinski definition) is 11. The second-order valence-electron chi connectivity index (χ2n) is 12.2. The average Bonchev–Trinajstić information content (AvgIpc) is 3.55. The number of carbonyl (C=O) groups excluding carboxylic acids is 2. The average molecular weight is 730 g/mol. The van der Waals surface area contributed by atoms with Gasteiger partial charge in [0.2, 0.25) is 5.91 Å². The molecular weight excluding hydrogens is 690 g/mol. The first-order chi connectivity index (χ1) is 25.2. The standard InChI is InChI=1S/C38H39N3O10S/c1-47-33-24-28-19-20-40(32(31(28)25-34(33)48-2)23-27-13-10-12-26-11-6-7-16-30(26)27)35(42)17-18-36(43)49-21-8-9-22-50-37-38(41(44)51-39-37)52(45,46)29-14-4-3-5-15-29/h3-7,10-16,24-25,32H,8-9,17-23H2,1-2H3. The highest BCUT2D eigenvalue weighted by Crippen LogP contribution is 2.40. The first-order valence-electron chi connectivity index (χ1n) is 16.9. The number of esters is 1. The molecule has 0 saturated heterocycles. The van der Waals surface area contributed by atoms with E-state index in [1.165, 1.54) is 24.3 Å². The van der Waals surface area contributed by atoms with Crippen molar-refractivity contribution >= 4 is 32.5 Å². The Labute approximate surface area is 301 Å². The van der Waals surface area contributed by atoms with Crippen LogP contribution in [0.15, 0.2) is 99.5 Å². The highest BCUT2D eigenvalue weighted by Gasteiger charge is 2.36. The lowest BCUT2D eigenvalue weighted by atomic mass is 9.86. The van der Waals surface area contributed by atoms with E-state index in [1.54, 1.807) is 20.3 Å². The zero-order chi connectivity index (χ0) is 36.7. The van der Waals surface area contributed by atoms with Crippen molar-refractivity contribution in [1.29, 1.82) is 0 Å². The number of sulfone groups is 1. The van der Waals surface area contributed by atoms with Gasteiger partial charge in [-0.05, 0) is 82.3 Å². The van der Waals surface area contributed by atoms with Crippen molar-refractivity contribution in [3.05, 3.63) is 107 Å². The largest absolute Gasteiger partial charge is 0.493 e. The Bertz CT molecular complexity index is 2150. The number of methoxy groups -OCH3 is 2. The van der Waals surface area contributed by atoms with Crippen molar-refractivity contribution in [2.24, 2.45) is 0 Å². The number of ether oxygens (including phenoxy) is 4. The molecule has 0 bridgehead atoms. The normalized spacial score (nSPS) is 14.1. The fourth-order valence-electron chi connectivity index (χ4n) is 6.45. The molecule has 13 nitrogen and oxygen atoms in total. The quantitative estimate of drug-likeness (QED) is 0.0795. The SMILES string of the molecule is COc1cc2c(cc1OC)C(Cc1cccc3ccccc13)N(C(=O)CCC(=O)OCCCCOc1no[n+]([O-])c1S(=O)(=O)c1ccccc1)CC2. The van der Waals surface area contributed by atoms with E-state index in [9.17, 15) is 23.2 Å². The van der Waals surface area contributed by atoms with Crippen LogP contribution < -0.4 is 19.1 Å². The Morgan fingerprint density at radius 3 is 2.42 bits per heavy atom. The number of unbranched alkanes of at least 4 members (excludes halogenated alkanes) is 1. The molecule has 0 spiro atoms. The van der Waals surface area contributed by atoms with Gasteiger partial charge in [-0.1, -0.05) is 60.7 Å². The summed E-state index contributed by atoms with van der Waals surface area (Å²) in [6, 6.07) is 25.4. The van der Waals surface area contributed by atoms with Gasteiger partial charge in [-0.2, -0.15) is 0 Å². The summed E-state index contributed by atoms with van der Waals surface area (Å²) in [5.74, 6) is 0.101. The molecule has 1 unspecified atom stereocenters. The molecule has 1 aliphatic heterocycles. The zero-order valence-electron chi connectivity index (χ0n) is 28.9. The van der Waals surface area contributed by atoms with Gasteiger partial charge in [0.05, 0.1) is 49.9 Å². The van der Waals surface area contributed by atoms with Crippen molar-refractivity contribution in [3.63, 3.8) is 0 Å². The van der Waals surface area contributed by atoms with E-state index in [4.69, 9.17) is 18.9 Å². The van der Waals surface area contributed by atoms with Crippen LogP contribution in [-0.2, 0) is 37.0 Å². The van der Waals surface area contributed by atoms with Crippen LogP contribution >= 0.6 is 0 Å². The second kappa shape index (κ2) is 16.1. The summed E-state index contributed by atoms with van der Waals surface area (Å²) < 4.78 is 52.3. The number of carbonyl (C=O) groups is 2. The van der Waals surface area contributed by atoms with E-state index >= 15 is 0 Å². The van der Waals surface area contributed by atoms with Crippen LogP contribution in [0.3, 0.4) is 0 Å². The maximum atomic E-state index is 13.8. The molecular formula is C38H39N3O10S. The smallest absolute Gasteiger partial charge is 0.414 e. The lowest BCUT2D eigenvalue weighted by Crippen LogP contribution is -2.41. The molecule has 52 heavy (non-hydrogen) atoms. The maximum Gasteiger partial charge on any atom is 0.414 e. The first-order valence-corrected chi connectivity index (χ1v) is 18.4. The van der Waals surface area contributed by atoms with E-state index in [0.717, 1.165) is 27.5 Å². The number of rotatable bonds is 15. The van der Waals surface area contributed by atoms with Crippen LogP contribution in [-0.4, -0.2) is 64.3 Å². The predicted octanol–water partition coefficient (Wildman–Crippen LogP) is 5.16. The van der Waals surface area contributed by atoms with Gasteiger partial charge in [0.15, 0.2) is 11.5 Å². The Kier molecular flexibility index (Phi) is 11.2. The molecule has 1 atom stereocenters. The summed E-state index contributed by atoms with van der Waals surface area (Å²) in [5.41, 5.74) is 3.17. The van der Waals surface area contributed by atoms with E-state index in [-0.39, 0.29) is 47.8 Å². The summed E-state index contributed by atoms with van der Waals surface area (Å²) in [6.07, 6.45) is 1.84. The van der Waals surface area contributed by atoms with E-state index < -0.39 is 26.7 Å². The molecule has 14 heteroatoms. The molecule has 0 fully saturated rings. The number of nitrogens with zero attached hydrogens (tertiary/aromatic N) is 3. The van der Waals surface area contributed by atoms with Crippen molar-refractivity contribution < 1.29 is 46.5 Å². The van der Waals surface area contributed by atoms with Gasteiger partial charge in [0, 0.05) is 13.0 Å². The molecule has 1 aliphatic rings. The van der Waals surface area contributed by atoms with E-state index in [1.807, 2.05) is 35.2 Å². The molecule has 2 heterocycles. The Hall–Kier alpha value is -5.63. The van der Waals surface area contributed by atoms with E-state index in [2.05, 4.69) is 34.1 Å². The third-order valence-corrected chi connectivity index (χ3v) is 10.8. The van der Waals surface area contributed by atoms with Crippen molar-refractivity contribution in [2.75, 3.05) is 34.0 Å². The molecule has 0 aliphatic carbocycles. The molecule has 0 radical (unpaired) electrons.